The fourth-order valence-corrected chi connectivity index (χ4v) is 0.328. The third-order valence-corrected chi connectivity index (χ3v) is 0.687. The number of aliphatic hydroxyl groups is 1. The van der Waals surface area contributed by atoms with Gasteiger partial charge < -0.3 is 9.90 Å². The zero-order chi connectivity index (χ0) is 5.70. The maximum absolute atomic E-state index is 10.1. The standard InChI is InChI=1S/C5H10O2.Cu/c1-5(7)3-2-4-6;/h6H,2-4H2,1H3;. The summed E-state index contributed by atoms with van der Waals surface area (Å²) in [5, 5.41) is 8.16. The molecule has 0 aliphatic rings. The monoisotopic (exact) mass is 165 g/mol. The summed E-state index contributed by atoms with van der Waals surface area (Å²) in [4.78, 5) is 10.1. The van der Waals surface area contributed by atoms with Crippen LogP contribution in [-0.4, -0.2) is 17.5 Å². The molecule has 0 saturated heterocycles. The molecule has 0 aromatic rings. The molecule has 0 aliphatic carbocycles. The first-order valence-electron chi connectivity index (χ1n) is 2.37. The minimum absolute atomic E-state index is 0. The van der Waals surface area contributed by atoms with Gasteiger partial charge in [0.25, 0.3) is 0 Å². The largest absolute Gasteiger partial charge is 0.396 e. The molecule has 2 nitrogen and oxygen atoms in total. The molecule has 0 saturated carbocycles. The molecule has 0 bridgehead atoms. The fourth-order valence-electron chi connectivity index (χ4n) is 0.328. The molecule has 0 spiro atoms. The molecule has 0 heterocycles. The topological polar surface area (TPSA) is 37.3 Å². The van der Waals surface area contributed by atoms with E-state index in [1.165, 1.54) is 6.92 Å². The third-order valence-electron chi connectivity index (χ3n) is 0.687. The Balaban J connectivity index is 0. The molecule has 0 aromatic carbocycles. The predicted octanol–water partition coefficient (Wildman–Crippen LogP) is 0.345. The number of ketones is 1. The minimum atomic E-state index is 0. The van der Waals surface area contributed by atoms with Gasteiger partial charge in [-0.15, -0.1) is 0 Å². The van der Waals surface area contributed by atoms with Crippen molar-refractivity contribution in [2.24, 2.45) is 0 Å². The summed E-state index contributed by atoms with van der Waals surface area (Å²) in [6.07, 6.45) is 1.12. The first-order valence-corrected chi connectivity index (χ1v) is 2.37. The van der Waals surface area contributed by atoms with Crippen molar-refractivity contribution in [3.8, 4) is 0 Å². The summed E-state index contributed by atoms with van der Waals surface area (Å²) >= 11 is 0. The molecule has 0 aliphatic heterocycles. The number of carbonyl (C=O) groups is 1. The van der Waals surface area contributed by atoms with Crippen LogP contribution in [0.15, 0.2) is 0 Å². The second-order valence-corrected chi connectivity index (χ2v) is 1.53. The number of rotatable bonds is 3. The van der Waals surface area contributed by atoms with E-state index in [4.69, 9.17) is 5.11 Å². The van der Waals surface area contributed by atoms with Gasteiger partial charge >= 0.3 is 0 Å². The number of hydrogen-bond acceptors (Lipinski definition) is 2. The molecule has 1 radical (unpaired) electrons. The van der Waals surface area contributed by atoms with E-state index >= 15 is 0 Å². The van der Waals surface area contributed by atoms with E-state index in [1.54, 1.807) is 0 Å². The van der Waals surface area contributed by atoms with Crippen molar-refractivity contribution in [3.63, 3.8) is 0 Å². The normalized spacial score (nSPS) is 7.75. The van der Waals surface area contributed by atoms with E-state index in [0.29, 0.717) is 12.8 Å². The molecule has 0 atom stereocenters. The van der Waals surface area contributed by atoms with Crippen LogP contribution in [-0.2, 0) is 21.9 Å². The van der Waals surface area contributed by atoms with Crippen LogP contribution in [0.1, 0.15) is 19.8 Å². The molecule has 3 heteroatoms. The SMILES string of the molecule is CC(=O)CCCO.[Cu]. The van der Waals surface area contributed by atoms with E-state index in [0.717, 1.165) is 0 Å². The van der Waals surface area contributed by atoms with E-state index in [2.05, 4.69) is 0 Å². The summed E-state index contributed by atoms with van der Waals surface area (Å²) < 4.78 is 0. The maximum atomic E-state index is 10.1. The summed E-state index contributed by atoms with van der Waals surface area (Å²) in [5.74, 6) is 0.147. The van der Waals surface area contributed by atoms with Crippen molar-refractivity contribution in [1.29, 1.82) is 0 Å². The van der Waals surface area contributed by atoms with Gasteiger partial charge in [0.1, 0.15) is 5.78 Å². The first kappa shape index (κ1) is 11.0. The van der Waals surface area contributed by atoms with Gasteiger partial charge in [-0.2, -0.15) is 0 Å². The Hall–Kier alpha value is 0.149. The van der Waals surface area contributed by atoms with E-state index in [-0.39, 0.29) is 29.5 Å². The number of Topliss-reactive ketones (excluding diaryl/α,β-unsaturated/α-hetero) is 1. The van der Waals surface area contributed by atoms with Crippen LogP contribution < -0.4 is 0 Å². The zero-order valence-electron chi connectivity index (χ0n) is 4.78. The zero-order valence-corrected chi connectivity index (χ0v) is 5.72. The quantitative estimate of drug-likeness (QED) is 0.613. The Morgan fingerprint density at radius 1 is 1.62 bits per heavy atom. The molecule has 0 unspecified atom stereocenters. The second-order valence-electron chi connectivity index (χ2n) is 1.53. The molecule has 53 valence electrons. The Kier molecular flexibility index (Phi) is 9.84. The van der Waals surface area contributed by atoms with Crippen LogP contribution >= 0.6 is 0 Å². The predicted molar refractivity (Wildman–Crippen MR) is 27.0 cm³/mol. The van der Waals surface area contributed by atoms with Crippen molar-refractivity contribution in [3.05, 3.63) is 0 Å². The van der Waals surface area contributed by atoms with Gasteiger partial charge in [-0.05, 0) is 13.3 Å². The van der Waals surface area contributed by atoms with Crippen molar-refractivity contribution < 1.29 is 27.0 Å². The van der Waals surface area contributed by atoms with Gasteiger partial charge in [-0.25, -0.2) is 0 Å². The van der Waals surface area contributed by atoms with Gasteiger partial charge in [0.2, 0.25) is 0 Å². The van der Waals surface area contributed by atoms with Crippen molar-refractivity contribution >= 4 is 5.78 Å². The van der Waals surface area contributed by atoms with E-state index in [9.17, 15) is 4.79 Å². The minimum Gasteiger partial charge on any atom is -0.396 e. The summed E-state index contributed by atoms with van der Waals surface area (Å²) in [6.45, 7) is 1.65. The van der Waals surface area contributed by atoms with E-state index in [1.807, 2.05) is 0 Å². The van der Waals surface area contributed by atoms with Crippen molar-refractivity contribution in [2.75, 3.05) is 6.61 Å². The average molecular weight is 166 g/mol. The number of aliphatic hydroxyl groups excluding tert-OH is 1. The van der Waals surface area contributed by atoms with Gasteiger partial charge in [0.05, 0.1) is 0 Å². The van der Waals surface area contributed by atoms with Crippen LogP contribution in [0.3, 0.4) is 0 Å². The van der Waals surface area contributed by atoms with E-state index < -0.39 is 0 Å². The second kappa shape index (κ2) is 7.15. The number of carbonyl (C=O) groups excluding carboxylic acids is 1. The van der Waals surface area contributed by atoms with Crippen LogP contribution in [0.25, 0.3) is 0 Å². The Morgan fingerprint density at radius 2 is 2.12 bits per heavy atom. The number of hydrogen-bond donors (Lipinski definition) is 1. The van der Waals surface area contributed by atoms with Gasteiger partial charge in [-0.1, -0.05) is 0 Å². The van der Waals surface area contributed by atoms with Gasteiger partial charge in [0, 0.05) is 30.1 Å². The maximum Gasteiger partial charge on any atom is 0.129 e. The Labute approximate surface area is 59.8 Å². The van der Waals surface area contributed by atoms with Gasteiger partial charge in [-0.3, -0.25) is 0 Å². The molecule has 8 heavy (non-hydrogen) atoms. The molecule has 0 rings (SSSR count). The molecular formula is C5H10CuO2. The Bertz CT molecular complexity index is 63.4. The average Bonchev–Trinajstić information content (AvgIpc) is 1.61. The molecular weight excluding hydrogens is 156 g/mol. The van der Waals surface area contributed by atoms with Crippen LogP contribution in [0.5, 0.6) is 0 Å². The fraction of sp³-hybridized carbons (Fsp3) is 0.800. The summed E-state index contributed by atoms with van der Waals surface area (Å²) in [7, 11) is 0. The Morgan fingerprint density at radius 3 is 2.25 bits per heavy atom. The smallest absolute Gasteiger partial charge is 0.129 e. The molecule has 1 N–H and O–H groups in total. The summed E-state index contributed by atoms with van der Waals surface area (Å²) in [6, 6.07) is 0. The first-order chi connectivity index (χ1) is 3.27. The van der Waals surface area contributed by atoms with Crippen molar-refractivity contribution in [1.82, 2.24) is 0 Å². The van der Waals surface area contributed by atoms with Crippen molar-refractivity contribution in [2.45, 2.75) is 19.8 Å². The van der Waals surface area contributed by atoms with Gasteiger partial charge in [0.15, 0.2) is 0 Å². The summed E-state index contributed by atoms with van der Waals surface area (Å²) in [5.41, 5.74) is 0. The third kappa shape index (κ3) is 9.47. The molecule has 0 fully saturated rings. The van der Waals surface area contributed by atoms with Crippen LogP contribution in [0.4, 0.5) is 0 Å². The van der Waals surface area contributed by atoms with Crippen LogP contribution in [0, 0.1) is 0 Å². The van der Waals surface area contributed by atoms with Crippen LogP contribution in [0.2, 0.25) is 0 Å². The molecule has 0 amide bonds. The molecule has 0 aromatic heterocycles.